The Morgan fingerprint density at radius 3 is 2.00 bits per heavy atom. The smallest absolute Gasteiger partial charge is 0.303 e. The van der Waals surface area contributed by atoms with Gasteiger partial charge < -0.3 is 13.6 Å². The van der Waals surface area contributed by atoms with Gasteiger partial charge in [0.2, 0.25) is 0 Å². The molecule has 4 aliphatic rings. The Morgan fingerprint density at radius 2 is 1.45 bits per heavy atom. The molecule has 0 aromatic rings. The molecule has 0 saturated heterocycles. The van der Waals surface area contributed by atoms with Crippen LogP contribution in [-0.2, 0) is 23.2 Å². The SMILES string of the molecule is CC(=O)OC1C[C@@]2(C)C(=CC1=O)C(O[Si](C)(C)C(C)(C)C)C[C@H]1[C@@H]3CC[C@H](O[Si](C)(C)C(C)(C)C)[C@@]3(C)CC[C@@H]12. The minimum absolute atomic E-state index is 0.0583. The fourth-order valence-electron chi connectivity index (χ4n) is 8.24. The normalized spacial score (nSPS) is 38.7. The number of ketones is 1. The van der Waals surface area contributed by atoms with Crippen LogP contribution in [0.1, 0.15) is 101 Å². The average molecular weight is 591 g/mol. The number of rotatable bonds is 5. The van der Waals surface area contributed by atoms with E-state index in [2.05, 4.69) is 81.6 Å². The van der Waals surface area contributed by atoms with Crippen LogP contribution in [0.4, 0.5) is 0 Å². The minimum Gasteiger partial charge on any atom is -0.454 e. The molecule has 2 unspecified atom stereocenters. The van der Waals surface area contributed by atoms with Crippen LogP contribution in [0.5, 0.6) is 0 Å². The van der Waals surface area contributed by atoms with E-state index < -0.39 is 22.7 Å². The lowest BCUT2D eigenvalue weighted by Gasteiger charge is -2.61. The molecular formula is C33H58O5Si2. The van der Waals surface area contributed by atoms with Gasteiger partial charge in [0.25, 0.3) is 0 Å². The molecule has 0 bridgehead atoms. The van der Waals surface area contributed by atoms with Crippen molar-refractivity contribution < 1.29 is 23.2 Å². The summed E-state index contributed by atoms with van der Waals surface area (Å²) in [6.07, 6.45) is 7.56. The average Bonchev–Trinajstić information content (AvgIpc) is 3.09. The first kappa shape index (κ1) is 32.2. The lowest BCUT2D eigenvalue weighted by Crippen LogP contribution is -2.59. The van der Waals surface area contributed by atoms with E-state index in [1.165, 1.54) is 18.9 Å². The van der Waals surface area contributed by atoms with Crippen LogP contribution >= 0.6 is 0 Å². The highest BCUT2D eigenvalue weighted by Gasteiger charge is 2.63. The monoisotopic (exact) mass is 590 g/mol. The van der Waals surface area contributed by atoms with Crippen LogP contribution in [0.3, 0.4) is 0 Å². The molecule has 3 saturated carbocycles. The zero-order valence-electron chi connectivity index (χ0n) is 27.8. The van der Waals surface area contributed by atoms with Crippen molar-refractivity contribution in [3.05, 3.63) is 11.6 Å². The third-order valence-corrected chi connectivity index (χ3v) is 21.7. The van der Waals surface area contributed by atoms with Gasteiger partial charge in [0.05, 0.1) is 12.2 Å². The maximum Gasteiger partial charge on any atom is 0.303 e. The van der Waals surface area contributed by atoms with Crippen molar-refractivity contribution >= 4 is 28.4 Å². The van der Waals surface area contributed by atoms with Gasteiger partial charge >= 0.3 is 5.97 Å². The summed E-state index contributed by atoms with van der Waals surface area (Å²) in [5.74, 6) is 1.09. The van der Waals surface area contributed by atoms with Gasteiger partial charge in [-0.1, -0.05) is 55.4 Å². The van der Waals surface area contributed by atoms with Crippen LogP contribution in [0.15, 0.2) is 11.6 Å². The highest BCUT2D eigenvalue weighted by molar-refractivity contribution is 6.74. The van der Waals surface area contributed by atoms with E-state index in [0.717, 1.165) is 25.7 Å². The molecule has 4 rings (SSSR count). The van der Waals surface area contributed by atoms with Gasteiger partial charge in [-0.3, -0.25) is 9.59 Å². The Morgan fingerprint density at radius 1 is 0.875 bits per heavy atom. The van der Waals surface area contributed by atoms with Gasteiger partial charge in [0, 0.05) is 13.3 Å². The fraction of sp³-hybridized carbons (Fsp3) is 0.879. The highest BCUT2D eigenvalue weighted by atomic mass is 28.4. The summed E-state index contributed by atoms with van der Waals surface area (Å²) in [6, 6.07) is 0. The molecule has 0 aliphatic heterocycles. The molecule has 228 valence electrons. The molecule has 0 N–H and O–H groups in total. The van der Waals surface area contributed by atoms with E-state index in [4.69, 9.17) is 13.6 Å². The largest absolute Gasteiger partial charge is 0.454 e. The number of fused-ring (bicyclic) bond motifs is 5. The molecule has 0 aromatic carbocycles. The van der Waals surface area contributed by atoms with Crippen molar-refractivity contribution in [1.82, 2.24) is 0 Å². The van der Waals surface area contributed by atoms with E-state index in [-0.39, 0.29) is 38.8 Å². The van der Waals surface area contributed by atoms with Crippen molar-refractivity contribution in [2.75, 3.05) is 0 Å². The third kappa shape index (κ3) is 5.39. The summed E-state index contributed by atoms with van der Waals surface area (Å²) in [6.45, 7) is 29.6. The standard InChI is InChI=1S/C33H58O5Si2/c1-21(34)36-28-20-33(9)24-16-17-32(8)23(14-15-29(32)38-40(12,13)31(5,6)7)22(24)18-27(25(33)19-26(28)35)37-39(10,11)30(2,3)4/h19,22-24,27-29H,14-18,20H2,1-13H3/t22-,23-,24-,27?,28?,29-,32-,33+/m0/s1. The number of hydrogen-bond acceptors (Lipinski definition) is 5. The molecule has 0 amide bonds. The topological polar surface area (TPSA) is 61.8 Å². The zero-order valence-corrected chi connectivity index (χ0v) is 29.8. The predicted molar refractivity (Wildman–Crippen MR) is 167 cm³/mol. The Hall–Kier alpha value is -0.766. The lowest BCUT2D eigenvalue weighted by atomic mass is 9.46. The predicted octanol–water partition coefficient (Wildman–Crippen LogP) is 8.45. The molecule has 0 heterocycles. The molecule has 7 heteroatoms. The zero-order chi connectivity index (χ0) is 30.3. The molecule has 4 aliphatic carbocycles. The second-order valence-electron chi connectivity index (χ2n) is 17.2. The Bertz CT molecular complexity index is 1050. The first-order valence-corrected chi connectivity index (χ1v) is 21.6. The van der Waals surface area contributed by atoms with Gasteiger partial charge in [-0.2, -0.15) is 0 Å². The number of hydrogen-bond donors (Lipinski definition) is 0. The summed E-state index contributed by atoms with van der Waals surface area (Å²) in [5.41, 5.74) is 1.11. The summed E-state index contributed by atoms with van der Waals surface area (Å²) < 4.78 is 20.0. The molecule has 0 aromatic heterocycles. The van der Waals surface area contributed by atoms with Crippen LogP contribution in [0.2, 0.25) is 36.3 Å². The molecule has 8 atom stereocenters. The molecular weight excluding hydrogens is 533 g/mol. The quantitative estimate of drug-likeness (QED) is 0.237. The first-order chi connectivity index (χ1) is 18.0. The summed E-state index contributed by atoms with van der Waals surface area (Å²) in [7, 11) is -3.99. The summed E-state index contributed by atoms with van der Waals surface area (Å²) in [4.78, 5) is 25.2. The van der Waals surface area contributed by atoms with Crippen molar-refractivity contribution in [2.45, 2.75) is 155 Å². The second kappa shape index (κ2) is 10.2. The van der Waals surface area contributed by atoms with Gasteiger partial charge in [-0.25, -0.2) is 0 Å². The van der Waals surface area contributed by atoms with Crippen LogP contribution in [0.25, 0.3) is 0 Å². The van der Waals surface area contributed by atoms with E-state index in [1.54, 1.807) is 0 Å². The number of esters is 1. The van der Waals surface area contributed by atoms with Crippen LogP contribution in [-0.4, -0.2) is 46.7 Å². The molecule has 0 spiro atoms. The Balaban J connectivity index is 1.72. The number of carbonyl (C=O) groups excluding carboxylic acids is 2. The maximum atomic E-state index is 13.3. The molecule has 5 nitrogen and oxygen atoms in total. The van der Waals surface area contributed by atoms with E-state index in [9.17, 15) is 9.59 Å². The van der Waals surface area contributed by atoms with Gasteiger partial charge in [-0.05, 0) is 109 Å². The van der Waals surface area contributed by atoms with E-state index in [1.807, 2.05) is 6.08 Å². The van der Waals surface area contributed by atoms with Crippen molar-refractivity contribution in [3.8, 4) is 0 Å². The van der Waals surface area contributed by atoms with Gasteiger partial charge in [0.1, 0.15) is 0 Å². The van der Waals surface area contributed by atoms with E-state index in [0.29, 0.717) is 30.3 Å². The lowest BCUT2D eigenvalue weighted by molar-refractivity contribution is -0.157. The fourth-order valence-corrected chi connectivity index (χ4v) is 11.0. The molecule has 0 radical (unpaired) electrons. The minimum atomic E-state index is -2.10. The second-order valence-corrected chi connectivity index (χ2v) is 26.7. The Labute approximate surface area is 246 Å². The number of carbonyl (C=O) groups is 2. The van der Waals surface area contributed by atoms with Crippen LogP contribution < -0.4 is 0 Å². The maximum absolute atomic E-state index is 13.3. The van der Waals surface area contributed by atoms with Gasteiger partial charge in [0.15, 0.2) is 28.5 Å². The summed E-state index contributed by atoms with van der Waals surface area (Å²) in [5, 5.41) is 0.273. The van der Waals surface area contributed by atoms with Crippen molar-refractivity contribution in [3.63, 3.8) is 0 Å². The van der Waals surface area contributed by atoms with E-state index >= 15 is 0 Å². The molecule has 40 heavy (non-hydrogen) atoms. The van der Waals surface area contributed by atoms with Crippen LogP contribution in [0, 0.1) is 28.6 Å². The Kier molecular flexibility index (Phi) is 8.17. The van der Waals surface area contributed by atoms with Gasteiger partial charge in [-0.15, -0.1) is 0 Å². The molecule has 3 fully saturated rings. The number of ether oxygens (including phenoxy) is 1. The highest BCUT2D eigenvalue weighted by Crippen LogP contribution is 2.67. The van der Waals surface area contributed by atoms with Crippen molar-refractivity contribution in [1.29, 1.82) is 0 Å². The third-order valence-electron chi connectivity index (χ3n) is 12.7. The first-order valence-electron chi connectivity index (χ1n) is 15.8. The van der Waals surface area contributed by atoms with Crippen molar-refractivity contribution in [2.24, 2.45) is 28.6 Å². The summed E-state index contributed by atoms with van der Waals surface area (Å²) >= 11 is 0.